The first-order valence-electron chi connectivity index (χ1n) is 7.74. The predicted octanol–water partition coefficient (Wildman–Crippen LogP) is 3.70. The Morgan fingerprint density at radius 2 is 1.92 bits per heavy atom. The topological polar surface area (TPSA) is 61.0 Å². The van der Waals surface area contributed by atoms with Gasteiger partial charge in [0.25, 0.3) is 5.91 Å². The molecule has 0 fully saturated rings. The maximum absolute atomic E-state index is 12.5. The van der Waals surface area contributed by atoms with Crippen molar-refractivity contribution in [1.82, 2.24) is 9.97 Å². The number of aryl methyl sites for hydroxylation is 1. The van der Waals surface area contributed by atoms with Gasteiger partial charge in [0.2, 0.25) is 0 Å². The molecule has 2 aromatic carbocycles. The number of aromatic amines is 1. The van der Waals surface area contributed by atoms with Gasteiger partial charge in [0, 0.05) is 36.6 Å². The summed E-state index contributed by atoms with van der Waals surface area (Å²) in [5.41, 5.74) is 4.28. The molecule has 122 valence electrons. The summed E-state index contributed by atoms with van der Waals surface area (Å²) in [6.07, 6.45) is 1.79. The lowest BCUT2D eigenvalue weighted by Gasteiger charge is -2.13. The van der Waals surface area contributed by atoms with E-state index in [0.29, 0.717) is 5.56 Å². The zero-order valence-corrected chi connectivity index (χ0v) is 14.0. The fraction of sp³-hybridized carbons (Fsp3) is 0.158. The molecule has 0 bridgehead atoms. The van der Waals surface area contributed by atoms with Crippen LogP contribution in [0, 0.1) is 6.92 Å². The normalized spacial score (nSPS) is 10.5. The molecule has 0 radical (unpaired) electrons. The number of carbonyl (C=O) groups is 1. The van der Waals surface area contributed by atoms with Crippen molar-refractivity contribution in [2.75, 3.05) is 24.3 Å². The summed E-state index contributed by atoms with van der Waals surface area (Å²) < 4.78 is 0. The smallest absolute Gasteiger partial charge is 0.255 e. The number of aromatic nitrogens is 2. The van der Waals surface area contributed by atoms with Crippen LogP contribution in [0.3, 0.4) is 0 Å². The lowest BCUT2D eigenvalue weighted by Crippen LogP contribution is -2.14. The molecule has 0 saturated carbocycles. The second kappa shape index (κ2) is 6.58. The molecule has 0 saturated heterocycles. The summed E-state index contributed by atoms with van der Waals surface area (Å²) >= 11 is 0. The first-order chi connectivity index (χ1) is 11.5. The van der Waals surface area contributed by atoms with Crippen LogP contribution in [0.2, 0.25) is 0 Å². The number of hydrogen-bond donors (Lipinski definition) is 2. The Balaban J connectivity index is 1.81. The van der Waals surface area contributed by atoms with E-state index in [1.54, 1.807) is 6.20 Å². The minimum absolute atomic E-state index is 0.128. The lowest BCUT2D eigenvalue weighted by molar-refractivity contribution is 0.102. The lowest BCUT2D eigenvalue weighted by atomic mass is 10.1. The number of hydrogen-bond acceptors (Lipinski definition) is 3. The Bertz CT molecular complexity index is 867. The molecule has 3 aromatic rings. The second-order valence-corrected chi connectivity index (χ2v) is 5.86. The van der Waals surface area contributed by atoms with Crippen LogP contribution in [0.5, 0.6) is 0 Å². The quantitative estimate of drug-likeness (QED) is 0.770. The third kappa shape index (κ3) is 3.46. The highest BCUT2D eigenvalue weighted by molar-refractivity contribution is 6.05. The first kappa shape index (κ1) is 15.8. The highest BCUT2D eigenvalue weighted by Gasteiger charge is 2.09. The van der Waals surface area contributed by atoms with Gasteiger partial charge in [-0.1, -0.05) is 18.2 Å². The fourth-order valence-electron chi connectivity index (χ4n) is 2.46. The largest absolute Gasteiger partial charge is 0.378 e. The molecule has 3 rings (SSSR count). The van der Waals surface area contributed by atoms with Crippen molar-refractivity contribution in [2.24, 2.45) is 0 Å². The number of benzene rings is 2. The molecule has 0 unspecified atom stereocenters. The number of carbonyl (C=O) groups excluding carboxylic acids is 1. The maximum Gasteiger partial charge on any atom is 0.255 e. The molecule has 24 heavy (non-hydrogen) atoms. The highest BCUT2D eigenvalue weighted by atomic mass is 16.1. The van der Waals surface area contributed by atoms with Gasteiger partial charge >= 0.3 is 0 Å². The third-order valence-corrected chi connectivity index (χ3v) is 3.76. The molecule has 0 atom stereocenters. The average Bonchev–Trinajstić information content (AvgIpc) is 3.02. The third-order valence-electron chi connectivity index (χ3n) is 3.76. The van der Waals surface area contributed by atoms with Crippen molar-refractivity contribution in [2.45, 2.75) is 6.92 Å². The minimum atomic E-state index is -0.128. The van der Waals surface area contributed by atoms with Gasteiger partial charge in [-0.2, -0.15) is 0 Å². The summed E-state index contributed by atoms with van der Waals surface area (Å²) in [6, 6.07) is 15.2. The van der Waals surface area contributed by atoms with Gasteiger partial charge in [-0.3, -0.25) is 4.79 Å². The van der Waals surface area contributed by atoms with Crippen LogP contribution in [0.1, 0.15) is 16.2 Å². The summed E-state index contributed by atoms with van der Waals surface area (Å²) in [4.78, 5) is 21.9. The van der Waals surface area contributed by atoms with Gasteiger partial charge in [0.15, 0.2) is 0 Å². The Hall–Kier alpha value is -3.08. The van der Waals surface area contributed by atoms with Gasteiger partial charge < -0.3 is 15.2 Å². The molecule has 0 aliphatic rings. The number of nitrogens with one attached hydrogen (secondary N) is 2. The van der Waals surface area contributed by atoms with E-state index in [1.807, 2.05) is 74.4 Å². The van der Waals surface area contributed by atoms with Crippen molar-refractivity contribution in [3.05, 3.63) is 66.1 Å². The SMILES string of the molecule is Cc1ncc(-c2cccc(NC(=O)c3cccc(N(C)C)c3)c2)[nH]1. The first-order valence-corrected chi connectivity index (χ1v) is 7.74. The summed E-state index contributed by atoms with van der Waals surface area (Å²) in [6.45, 7) is 1.91. The van der Waals surface area contributed by atoms with Crippen LogP contribution < -0.4 is 10.2 Å². The van der Waals surface area contributed by atoms with E-state index in [9.17, 15) is 4.79 Å². The van der Waals surface area contributed by atoms with Gasteiger partial charge in [-0.15, -0.1) is 0 Å². The number of nitrogens with zero attached hydrogens (tertiary/aromatic N) is 2. The minimum Gasteiger partial charge on any atom is -0.378 e. The van der Waals surface area contributed by atoms with Crippen LogP contribution in [0.15, 0.2) is 54.7 Å². The summed E-state index contributed by atoms with van der Waals surface area (Å²) in [7, 11) is 3.90. The summed E-state index contributed by atoms with van der Waals surface area (Å²) in [5, 5.41) is 2.95. The molecule has 0 spiro atoms. The van der Waals surface area contributed by atoms with E-state index < -0.39 is 0 Å². The Morgan fingerprint density at radius 1 is 1.12 bits per heavy atom. The molecule has 0 aliphatic heterocycles. The van der Waals surface area contributed by atoms with Gasteiger partial charge in [0.1, 0.15) is 5.82 Å². The maximum atomic E-state index is 12.5. The molecule has 1 aromatic heterocycles. The van der Waals surface area contributed by atoms with E-state index in [4.69, 9.17) is 0 Å². The molecule has 0 aliphatic carbocycles. The zero-order chi connectivity index (χ0) is 17.1. The van der Waals surface area contributed by atoms with Crippen molar-refractivity contribution >= 4 is 17.3 Å². The molecule has 2 N–H and O–H groups in total. The predicted molar refractivity (Wildman–Crippen MR) is 97.5 cm³/mol. The Labute approximate surface area is 141 Å². The molecular weight excluding hydrogens is 300 g/mol. The van der Waals surface area contributed by atoms with Gasteiger partial charge in [-0.25, -0.2) is 4.98 Å². The van der Waals surface area contributed by atoms with Crippen LogP contribution in [0.25, 0.3) is 11.3 Å². The van der Waals surface area contributed by atoms with Crippen molar-refractivity contribution < 1.29 is 4.79 Å². The number of amides is 1. The van der Waals surface area contributed by atoms with Crippen LogP contribution in [-0.2, 0) is 0 Å². The standard InChI is InChI=1S/C19H20N4O/c1-13-20-12-18(21-13)14-6-4-8-16(10-14)22-19(24)15-7-5-9-17(11-15)23(2)3/h4-12H,1-3H3,(H,20,21)(H,22,24). The summed E-state index contributed by atoms with van der Waals surface area (Å²) in [5.74, 6) is 0.733. The van der Waals surface area contributed by atoms with E-state index in [1.165, 1.54) is 0 Å². The Morgan fingerprint density at radius 3 is 2.62 bits per heavy atom. The van der Waals surface area contributed by atoms with Crippen LogP contribution in [0.4, 0.5) is 11.4 Å². The van der Waals surface area contributed by atoms with E-state index in [-0.39, 0.29) is 5.91 Å². The van der Waals surface area contributed by atoms with E-state index in [2.05, 4.69) is 15.3 Å². The second-order valence-electron chi connectivity index (χ2n) is 5.86. The van der Waals surface area contributed by atoms with Crippen molar-refractivity contribution in [3.8, 4) is 11.3 Å². The number of H-pyrrole nitrogens is 1. The monoisotopic (exact) mass is 320 g/mol. The number of rotatable bonds is 4. The van der Waals surface area contributed by atoms with Crippen molar-refractivity contribution in [1.29, 1.82) is 0 Å². The molecule has 5 heteroatoms. The molecular formula is C19H20N4O. The molecule has 5 nitrogen and oxygen atoms in total. The number of anilines is 2. The van der Waals surface area contributed by atoms with E-state index in [0.717, 1.165) is 28.5 Å². The highest BCUT2D eigenvalue weighted by Crippen LogP contribution is 2.22. The van der Waals surface area contributed by atoms with Crippen LogP contribution >= 0.6 is 0 Å². The fourth-order valence-corrected chi connectivity index (χ4v) is 2.46. The zero-order valence-electron chi connectivity index (χ0n) is 14.0. The average molecular weight is 320 g/mol. The molecule has 1 amide bonds. The Kier molecular flexibility index (Phi) is 4.33. The molecule has 1 heterocycles. The number of imidazole rings is 1. The van der Waals surface area contributed by atoms with E-state index >= 15 is 0 Å². The van der Waals surface area contributed by atoms with Gasteiger partial charge in [0.05, 0.1) is 11.9 Å². The van der Waals surface area contributed by atoms with Crippen LogP contribution in [-0.4, -0.2) is 30.0 Å². The van der Waals surface area contributed by atoms with Gasteiger partial charge in [-0.05, 0) is 37.3 Å². The van der Waals surface area contributed by atoms with Crippen molar-refractivity contribution in [3.63, 3.8) is 0 Å².